The molecule has 0 aliphatic carbocycles. The third kappa shape index (κ3) is 6.48. The molecular formula is C26H29N7O2S. The maximum absolute atomic E-state index is 5.54. The molecule has 0 amide bonds. The highest BCUT2D eigenvalue weighted by molar-refractivity contribution is 7.80. The third-order valence-electron chi connectivity index (χ3n) is 5.40. The smallest absolute Gasteiger partial charge is 0.229 e. The van der Waals surface area contributed by atoms with Crippen LogP contribution in [0.5, 0.6) is 11.5 Å². The molecule has 0 atom stereocenters. The molecular weight excluding hydrogens is 474 g/mol. The Labute approximate surface area is 215 Å². The maximum atomic E-state index is 5.54. The number of guanidine groups is 1. The molecule has 0 radical (unpaired) electrons. The van der Waals surface area contributed by atoms with E-state index in [-0.39, 0.29) is 0 Å². The van der Waals surface area contributed by atoms with Gasteiger partial charge in [0.1, 0.15) is 11.5 Å². The first-order valence-electron chi connectivity index (χ1n) is 11.4. The van der Waals surface area contributed by atoms with Gasteiger partial charge in [0.25, 0.3) is 0 Å². The molecule has 0 saturated heterocycles. The molecule has 10 heteroatoms. The van der Waals surface area contributed by atoms with Crippen LogP contribution >= 0.6 is 12.2 Å². The van der Waals surface area contributed by atoms with Gasteiger partial charge in [-0.2, -0.15) is 0 Å². The number of hydrogen-bond acceptors (Lipinski definition) is 6. The first-order chi connectivity index (χ1) is 17.4. The van der Waals surface area contributed by atoms with E-state index >= 15 is 0 Å². The quantitative estimate of drug-likeness (QED) is 0.165. The molecule has 0 spiro atoms. The molecule has 2 aromatic carbocycles. The summed E-state index contributed by atoms with van der Waals surface area (Å²) >= 11 is 5.54. The van der Waals surface area contributed by atoms with Crippen molar-refractivity contribution in [2.75, 3.05) is 31.4 Å². The van der Waals surface area contributed by atoms with E-state index in [9.17, 15) is 0 Å². The molecule has 9 nitrogen and oxygen atoms in total. The normalized spacial score (nSPS) is 11.3. The van der Waals surface area contributed by atoms with Gasteiger partial charge >= 0.3 is 0 Å². The molecule has 0 fully saturated rings. The largest absolute Gasteiger partial charge is 0.497 e. The molecule has 4 aromatic rings. The van der Waals surface area contributed by atoms with Crippen LogP contribution in [-0.2, 0) is 6.42 Å². The number of methoxy groups -OCH3 is 2. The summed E-state index contributed by atoms with van der Waals surface area (Å²) in [5.74, 6) is 2.43. The van der Waals surface area contributed by atoms with E-state index in [0.29, 0.717) is 30.0 Å². The van der Waals surface area contributed by atoms with Crippen LogP contribution in [0.4, 0.5) is 11.6 Å². The van der Waals surface area contributed by atoms with Crippen molar-refractivity contribution in [2.24, 2.45) is 4.99 Å². The van der Waals surface area contributed by atoms with Gasteiger partial charge in [0, 0.05) is 46.8 Å². The van der Waals surface area contributed by atoms with E-state index in [1.54, 1.807) is 14.2 Å². The summed E-state index contributed by atoms with van der Waals surface area (Å²) in [7, 11) is 3.29. The number of nitrogens with one attached hydrogen (secondary N) is 4. The standard InChI is InChI=1S/C26H29N7O2S/c1-16-12-17(2)30-25(29-16)32-24(33-26(36)31-19-6-5-7-20(13-19)34-3)27-11-10-18-15-28-23-9-8-21(35-4)14-22(18)23/h5-9,12-15,28H,10-11H2,1-4H3,(H3,27,29,30,31,32,33,36). The summed E-state index contributed by atoms with van der Waals surface area (Å²) in [5, 5.41) is 10.9. The van der Waals surface area contributed by atoms with Crippen LogP contribution in [0.2, 0.25) is 0 Å². The lowest BCUT2D eigenvalue weighted by Gasteiger charge is -2.14. The maximum Gasteiger partial charge on any atom is 0.229 e. The van der Waals surface area contributed by atoms with Crippen molar-refractivity contribution >= 4 is 45.8 Å². The highest BCUT2D eigenvalue weighted by Crippen LogP contribution is 2.24. The number of hydrogen-bond donors (Lipinski definition) is 4. The average Bonchev–Trinajstić information content (AvgIpc) is 3.25. The first kappa shape index (κ1) is 24.9. The monoisotopic (exact) mass is 503 g/mol. The third-order valence-corrected chi connectivity index (χ3v) is 5.60. The number of aryl methyl sites for hydroxylation is 2. The van der Waals surface area contributed by atoms with Gasteiger partial charge < -0.3 is 25.1 Å². The second kappa shape index (κ2) is 11.5. The summed E-state index contributed by atoms with van der Waals surface area (Å²) in [6.45, 7) is 4.35. The van der Waals surface area contributed by atoms with Gasteiger partial charge in [0.2, 0.25) is 11.9 Å². The minimum absolute atomic E-state index is 0.371. The van der Waals surface area contributed by atoms with E-state index < -0.39 is 0 Å². The van der Waals surface area contributed by atoms with Gasteiger partial charge in [-0.3, -0.25) is 10.3 Å². The lowest BCUT2D eigenvalue weighted by Crippen LogP contribution is -2.39. The zero-order valence-corrected chi connectivity index (χ0v) is 21.5. The summed E-state index contributed by atoms with van der Waals surface area (Å²) in [6.07, 6.45) is 2.71. The Bertz CT molecular complexity index is 1380. The van der Waals surface area contributed by atoms with E-state index in [1.807, 2.05) is 68.6 Å². The molecule has 186 valence electrons. The van der Waals surface area contributed by atoms with Crippen LogP contribution in [-0.4, -0.2) is 46.8 Å². The molecule has 2 aromatic heterocycles. The Morgan fingerprint density at radius 3 is 2.47 bits per heavy atom. The number of rotatable bonds is 7. The molecule has 0 aliphatic rings. The number of ether oxygens (including phenoxy) is 2. The van der Waals surface area contributed by atoms with Crippen LogP contribution < -0.4 is 25.4 Å². The first-order valence-corrected chi connectivity index (χ1v) is 11.8. The van der Waals surface area contributed by atoms with Gasteiger partial charge in [0.05, 0.1) is 14.2 Å². The van der Waals surface area contributed by atoms with Gasteiger partial charge in [-0.15, -0.1) is 0 Å². The number of nitrogens with zero attached hydrogens (tertiary/aromatic N) is 3. The molecule has 36 heavy (non-hydrogen) atoms. The highest BCUT2D eigenvalue weighted by atomic mass is 32.1. The zero-order chi connectivity index (χ0) is 25.5. The molecule has 0 unspecified atom stereocenters. The minimum atomic E-state index is 0.371. The Hall–Kier alpha value is -4.18. The summed E-state index contributed by atoms with van der Waals surface area (Å²) < 4.78 is 10.7. The van der Waals surface area contributed by atoms with Crippen LogP contribution in [0.15, 0.2) is 59.7 Å². The van der Waals surface area contributed by atoms with Crippen LogP contribution in [0, 0.1) is 13.8 Å². The molecule has 4 rings (SSSR count). The summed E-state index contributed by atoms with van der Waals surface area (Å²) in [6, 6.07) is 15.4. The highest BCUT2D eigenvalue weighted by Gasteiger charge is 2.09. The van der Waals surface area contributed by atoms with Gasteiger partial charge in [-0.25, -0.2) is 9.97 Å². The zero-order valence-electron chi connectivity index (χ0n) is 20.7. The van der Waals surface area contributed by atoms with Crippen molar-refractivity contribution in [2.45, 2.75) is 20.3 Å². The summed E-state index contributed by atoms with van der Waals surface area (Å²) in [5.41, 5.74) is 4.70. The average molecular weight is 504 g/mol. The van der Waals surface area contributed by atoms with E-state index in [2.05, 4.69) is 30.9 Å². The molecule has 4 N–H and O–H groups in total. The van der Waals surface area contributed by atoms with Crippen molar-refractivity contribution < 1.29 is 9.47 Å². The lowest BCUT2D eigenvalue weighted by molar-refractivity contribution is 0.415. The van der Waals surface area contributed by atoms with Crippen molar-refractivity contribution in [3.8, 4) is 11.5 Å². The number of benzene rings is 2. The molecule has 2 heterocycles. The Morgan fingerprint density at radius 1 is 0.972 bits per heavy atom. The fourth-order valence-electron chi connectivity index (χ4n) is 3.75. The second-order valence-corrected chi connectivity index (χ2v) is 8.52. The fraction of sp³-hybridized carbons (Fsp3) is 0.231. The number of anilines is 2. The number of aromatic amines is 1. The fourth-order valence-corrected chi connectivity index (χ4v) is 3.96. The van der Waals surface area contributed by atoms with Crippen LogP contribution in [0.25, 0.3) is 10.9 Å². The number of H-pyrrole nitrogens is 1. The van der Waals surface area contributed by atoms with Crippen LogP contribution in [0.3, 0.4) is 0 Å². The second-order valence-electron chi connectivity index (χ2n) is 8.12. The molecule has 0 aliphatic heterocycles. The van der Waals surface area contributed by atoms with Crippen molar-refractivity contribution in [3.63, 3.8) is 0 Å². The van der Waals surface area contributed by atoms with Crippen molar-refractivity contribution in [1.29, 1.82) is 0 Å². The van der Waals surface area contributed by atoms with Gasteiger partial charge in [-0.1, -0.05) is 6.07 Å². The Kier molecular flexibility index (Phi) is 7.96. The van der Waals surface area contributed by atoms with E-state index in [1.165, 1.54) is 0 Å². The number of thiocarbonyl (C=S) groups is 1. The SMILES string of the molecule is COc1cccc(NC(=S)NC(=NCCc2c[nH]c3ccc(OC)cc23)Nc2nc(C)cc(C)n2)c1. The van der Waals surface area contributed by atoms with Crippen molar-refractivity contribution in [3.05, 3.63) is 71.7 Å². The topological polar surface area (TPSA) is 108 Å². The minimum Gasteiger partial charge on any atom is -0.497 e. The van der Waals surface area contributed by atoms with Gasteiger partial charge in [-0.05, 0) is 74.4 Å². The molecule has 0 saturated carbocycles. The number of aliphatic imine (C=N–C) groups is 1. The molecule has 0 bridgehead atoms. The Morgan fingerprint density at radius 2 is 1.72 bits per heavy atom. The predicted molar refractivity (Wildman–Crippen MR) is 148 cm³/mol. The van der Waals surface area contributed by atoms with Crippen LogP contribution in [0.1, 0.15) is 17.0 Å². The number of fused-ring (bicyclic) bond motifs is 1. The lowest BCUT2D eigenvalue weighted by atomic mass is 10.1. The Balaban J connectivity index is 1.51. The van der Waals surface area contributed by atoms with Gasteiger partial charge in [0.15, 0.2) is 5.11 Å². The predicted octanol–water partition coefficient (Wildman–Crippen LogP) is 4.59. The van der Waals surface area contributed by atoms with E-state index in [4.69, 9.17) is 26.7 Å². The van der Waals surface area contributed by atoms with Crippen molar-refractivity contribution in [1.82, 2.24) is 20.3 Å². The summed E-state index contributed by atoms with van der Waals surface area (Å²) in [4.78, 5) is 17.0. The number of aromatic nitrogens is 3. The van der Waals surface area contributed by atoms with E-state index in [0.717, 1.165) is 45.0 Å².